The van der Waals surface area contributed by atoms with Crippen LogP contribution in [0.25, 0.3) is 0 Å². The van der Waals surface area contributed by atoms with Crippen LogP contribution >= 0.6 is 0 Å². The number of nitrogens with zero attached hydrogens (tertiary/aromatic N) is 2. The molecule has 0 aliphatic heterocycles. The fraction of sp³-hybridized carbons (Fsp3) is 0.185. The van der Waals surface area contributed by atoms with Crippen molar-refractivity contribution in [3.63, 3.8) is 0 Å². The van der Waals surface area contributed by atoms with Crippen molar-refractivity contribution in [3.05, 3.63) is 100 Å². The summed E-state index contributed by atoms with van der Waals surface area (Å²) in [6.45, 7) is 7.38. The van der Waals surface area contributed by atoms with Gasteiger partial charge < -0.3 is 4.84 Å². The monoisotopic (exact) mass is 488 g/mol. The topological polar surface area (TPSA) is 102 Å². The molecule has 0 N–H and O–H groups in total. The maximum absolute atomic E-state index is 13.1. The highest BCUT2D eigenvalue weighted by atomic mass is 32.2. The van der Waals surface area contributed by atoms with E-state index in [0.29, 0.717) is 22.4 Å². The Morgan fingerprint density at radius 1 is 0.829 bits per heavy atom. The van der Waals surface area contributed by atoms with Gasteiger partial charge in [0.05, 0.1) is 10.6 Å². The number of hydrogen-bond donors (Lipinski definition) is 0. The van der Waals surface area contributed by atoms with Gasteiger partial charge in [-0.15, -0.1) is 0 Å². The molecule has 0 amide bonds. The summed E-state index contributed by atoms with van der Waals surface area (Å²) >= 11 is 0. The normalized spacial score (nSPS) is 18.4. The molecule has 4 rings (SSSR count). The first kappa shape index (κ1) is 24.2. The molecular weight excluding hydrogens is 464 g/mol. The lowest BCUT2D eigenvalue weighted by Crippen LogP contribution is -2.20. The lowest BCUT2D eigenvalue weighted by atomic mass is 9.90. The zero-order valence-electron chi connectivity index (χ0n) is 19.8. The molecule has 2 aliphatic rings. The minimum absolute atomic E-state index is 0.00910. The van der Waals surface area contributed by atoms with Crippen molar-refractivity contribution >= 4 is 33.0 Å². The smallest absolute Gasteiger partial charge is 0.282 e. The number of Topliss-reactive ketones (excluding diaryl/α,β-unsaturated/α-hetero) is 1. The maximum Gasteiger partial charge on any atom is 0.282 e. The Morgan fingerprint density at radius 2 is 1.49 bits per heavy atom. The minimum atomic E-state index is -4.04. The number of benzene rings is 2. The summed E-state index contributed by atoms with van der Waals surface area (Å²) in [5, 5.41) is 4.10. The standard InChI is InChI=1S/C27H24N2O5S/c1-16(2)22-14-23(18(4)13-25(22)30)28-34-26-15-24(20-7-5-6-8-21(20)27(26)31)29-35(32,33)19-11-9-17(3)10-12-19/h5-16H,1-4H3. The summed E-state index contributed by atoms with van der Waals surface area (Å²) in [6.07, 6.45) is 4.40. The third-order valence-electron chi connectivity index (χ3n) is 5.67. The molecule has 178 valence electrons. The lowest BCUT2D eigenvalue weighted by Gasteiger charge is -2.17. The van der Waals surface area contributed by atoms with Crippen LogP contribution in [0.5, 0.6) is 0 Å². The Bertz CT molecular complexity index is 1490. The van der Waals surface area contributed by atoms with E-state index in [9.17, 15) is 18.0 Å². The first-order valence-corrected chi connectivity index (χ1v) is 12.5. The number of fused-ring (bicyclic) bond motifs is 1. The van der Waals surface area contributed by atoms with Gasteiger partial charge in [-0.2, -0.15) is 12.8 Å². The van der Waals surface area contributed by atoms with Crippen molar-refractivity contribution < 1.29 is 22.8 Å². The highest BCUT2D eigenvalue weighted by molar-refractivity contribution is 7.90. The molecule has 0 unspecified atom stereocenters. The first-order chi connectivity index (χ1) is 16.6. The van der Waals surface area contributed by atoms with Gasteiger partial charge in [0.15, 0.2) is 5.78 Å². The van der Waals surface area contributed by atoms with Crippen LogP contribution in [0.4, 0.5) is 0 Å². The second-order valence-corrected chi connectivity index (χ2v) is 10.3. The zero-order chi connectivity index (χ0) is 25.3. The second-order valence-electron chi connectivity index (χ2n) is 8.66. The van der Waals surface area contributed by atoms with Gasteiger partial charge in [0, 0.05) is 22.8 Å². The van der Waals surface area contributed by atoms with Crippen LogP contribution in [0.3, 0.4) is 0 Å². The van der Waals surface area contributed by atoms with Crippen molar-refractivity contribution in [2.45, 2.75) is 32.6 Å². The molecule has 0 bridgehead atoms. The molecule has 0 radical (unpaired) electrons. The lowest BCUT2D eigenvalue weighted by molar-refractivity contribution is -0.111. The van der Waals surface area contributed by atoms with Gasteiger partial charge in [0.25, 0.3) is 10.0 Å². The van der Waals surface area contributed by atoms with E-state index in [-0.39, 0.29) is 33.6 Å². The summed E-state index contributed by atoms with van der Waals surface area (Å²) in [7, 11) is -4.04. The van der Waals surface area contributed by atoms with E-state index in [0.717, 1.165) is 5.56 Å². The van der Waals surface area contributed by atoms with E-state index in [1.807, 2.05) is 20.8 Å². The van der Waals surface area contributed by atoms with Crippen molar-refractivity contribution in [1.29, 1.82) is 0 Å². The Balaban J connectivity index is 1.76. The number of carbonyl (C=O) groups is 2. The van der Waals surface area contributed by atoms with Crippen molar-refractivity contribution in [2.24, 2.45) is 15.5 Å². The predicted octanol–water partition coefficient (Wildman–Crippen LogP) is 4.74. The second kappa shape index (κ2) is 9.38. The number of carbonyl (C=O) groups excluding carboxylic acids is 2. The average Bonchev–Trinajstić information content (AvgIpc) is 2.81. The number of hydrogen-bond acceptors (Lipinski definition) is 6. The molecular formula is C27H24N2O5S. The zero-order valence-corrected chi connectivity index (χ0v) is 20.6. The SMILES string of the molecule is CC1=CC(=O)C(C(C)C)=CC1=NOC1=CC(=NS(=O)(=O)c2ccc(C)cc2)c2ccccc2C1=O. The van der Waals surface area contributed by atoms with Gasteiger partial charge in [-0.25, -0.2) is 0 Å². The Kier molecular flexibility index (Phi) is 6.49. The molecule has 8 heteroatoms. The molecule has 0 spiro atoms. The molecule has 0 atom stereocenters. The van der Waals surface area contributed by atoms with Crippen molar-refractivity contribution in [1.82, 2.24) is 0 Å². The quantitative estimate of drug-likeness (QED) is 0.447. The molecule has 0 saturated heterocycles. The number of ketones is 2. The predicted molar refractivity (Wildman–Crippen MR) is 134 cm³/mol. The first-order valence-electron chi connectivity index (χ1n) is 11.0. The van der Waals surface area contributed by atoms with Gasteiger partial charge in [0.1, 0.15) is 5.71 Å². The van der Waals surface area contributed by atoms with Crippen LogP contribution in [-0.4, -0.2) is 31.4 Å². The van der Waals surface area contributed by atoms with E-state index in [2.05, 4.69) is 9.55 Å². The fourth-order valence-electron chi connectivity index (χ4n) is 3.67. The van der Waals surface area contributed by atoms with E-state index >= 15 is 0 Å². The number of allylic oxidation sites excluding steroid dienone is 6. The summed E-state index contributed by atoms with van der Waals surface area (Å²) in [6, 6.07) is 12.9. The molecule has 35 heavy (non-hydrogen) atoms. The number of aryl methyl sites for hydroxylation is 1. The van der Waals surface area contributed by atoms with E-state index in [1.54, 1.807) is 49.4 Å². The maximum atomic E-state index is 13.1. The van der Waals surface area contributed by atoms with Gasteiger partial charge in [0.2, 0.25) is 11.5 Å². The number of oxime groups is 1. The average molecular weight is 489 g/mol. The van der Waals surface area contributed by atoms with E-state index < -0.39 is 15.8 Å². The molecule has 2 aromatic rings. The van der Waals surface area contributed by atoms with Gasteiger partial charge in [-0.1, -0.05) is 61.0 Å². The van der Waals surface area contributed by atoms with Crippen molar-refractivity contribution in [3.8, 4) is 0 Å². The largest absolute Gasteiger partial charge is 0.352 e. The van der Waals surface area contributed by atoms with E-state index in [1.165, 1.54) is 24.3 Å². The van der Waals surface area contributed by atoms with Crippen LogP contribution in [0, 0.1) is 12.8 Å². The molecule has 0 aromatic heterocycles. The summed E-state index contributed by atoms with van der Waals surface area (Å²) in [5.41, 5.74) is 3.22. The number of rotatable bonds is 5. The molecule has 2 aliphatic carbocycles. The fourth-order valence-corrected chi connectivity index (χ4v) is 4.67. The number of sulfonamides is 1. The Morgan fingerprint density at radius 3 is 2.14 bits per heavy atom. The van der Waals surface area contributed by atoms with Gasteiger partial charge in [-0.05, 0) is 49.6 Å². The van der Waals surface area contributed by atoms with E-state index in [4.69, 9.17) is 4.84 Å². The van der Waals surface area contributed by atoms with Gasteiger partial charge in [-0.3, -0.25) is 9.59 Å². The van der Waals surface area contributed by atoms with Crippen LogP contribution in [0.2, 0.25) is 0 Å². The molecule has 0 saturated carbocycles. The summed E-state index contributed by atoms with van der Waals surface area (Å²) in [5.74, 6) is -0.712. The molecule has 2 aromatic carbocycles. The summed E-state index contributed by atoms with van der Waals surface area (Å²) in [4.78, 5) is 30.8. The van der Waals surface area contributed by atoms with Crippen LogP contribution in [0.1, 0.15) is 42.3 Å². The van der Waals surface area contributed by atoms with Gasteiger partial charge >= 0.3 is 0 Å². The molecule has 0 fully saturated rings. The van der Waals surface area contributed by atoms with Crippen molar-refractivity contribution in [2.75, 3.05) is 0 Å². The Hall–Kier alpha value is -3.91. The highest BCUT2D eigenvalue weighted by Gasteiger charge is 2.28. The minimum Gasteiger partial charge on any atom is -0.352 e. The van der Waals surface area contributed by atoms with Crippen LogP contribution in [0.15, 0.2) is 98.1 Å². The molecule has 0 heterocycles. The Labute approximate surface area is 204 Å². The van der Waals surface area contributed by atoms with Crippen LogP contribution < -0.4 is 0 Å². The third kappa shape index (κ3) is 4.97. The van der Waals surface area contributed by atoms with Crippen LogP contribution in [-0.2, 0) is 19.7 Å². The third-order valence-corrected chi connectivity index (χ3v) is 6.97. The summed E-state index contributed by atoms with van der Waals surface area (Å²) < 4.78 is 30.0. The highest BCUT2D eigenvalue weighted by Crippen LogP contribution is 2.26. The molecule has 7 nitrogen and oxygen atoms in total.